The molecule has 0 atom stereocenters. The maximum atomic E-state index is 14.1. The Morgan fingerprint density at radius 3 is 2.19 bits per heavy atom. The number of rotatable bonds is 5. The number of benzene rings is 3. The number of anilines is 1. The molecule has 0 unspecified atom stereocenters. The third kappa shape index (κ3) is 4.01. The Hall–Kier alpha value is -4.40. The topological polar surface area (TPSA) is 103 Å². The Morgan fingerprint density at radius 1 is 0.903 bits per heavy atom. The Bertz CT molecular complexity index is 1220. The van der Waals surface area contributed by atoms with Gasteiger partial charge in [0.05, 0.1) is 16.9 Å². The summed E-state index contributed by atoms with van der Waals surface area (Å²) < 4.78 is 29.3. The SMILES string of the molecule is NC(=O)c1cc(NC(=O)c2nc(-c3ccccc3)n(-c3ccccc3)n2)c(F)cc1F. The Labute approximate surface area is 175 Å². The fraction of sp³-hybridized carbons (Fsp3) is 0. The quantitative estimate of drug-likeness (QED) is 0.516. The zero-order valence-electron chi connectivity index (χ0n) is 15.9. The lowest BCUT2D eigenvalue weighted by molar-refractivity contribution is 0.0991. The third-order valence-corrected chi connectivity index (χ3v) is 4.41. The summed E-state index contributed by atoms with van der Waals surface area (Å²) in [6, 6.07) is 19.4. The van der Waals surface area contributed by atoms with Crippen LogP contribution in [0.4, 0.5) is 14.5 Å². The molecule has 0 aliphatic carbocycles. The lowest BCUT2D eigenvalue weighted by atomic mass is 10.1. The Morgan fingerprint density at radius 2 is 1.55 bits per heavy atom. The molecule has 2 amide bonds. The highest BCUT2D eigenvalue weighted by molar-refractivity contribution is 6.03. The molecule has 1 heterocycles. The second kappa shape index (κ2) is 8.15. The fourth-order valence-electron chi connectivity index (χ4n) is 2.94. The average Bonchev–Trinajstić information content (AvgIpc) is 3.22. The van der Waals surface area contributed by atoms with Gasteiger partial charge in [-0.05, 0) is 18.2 Å². The van der Waals surface area contributed by atoms with Crippen LogP contribution >= 0.6 is 0 Å². The van der Waals surface area contributed by atoms with Crippen LogP contribution in [0.5, 0.6) is 0 Å². The van der Waals surface area contributed by atoms with E-state index in [0.717, 1.165) is 6.07 Å². The number of primary amides is 1. The molecule has 7 nitrogen and oxygen atoms in total. The van der Waals surface area contributed by atoms with Gasteiger partial charge in [0, 0.05) is 11.6 Å². The van der Waals surface area contributed by atoms with E-state index in [1.54, 1.807) is 12.1 Å². The van der Waals surface area contributed by atoms with E-state index < -0.39 is 34.7 Å². The first-order valence-corrected chi connectivity index (χ1v) is 9.12. The van der Waals surface area contributed by atoms with Crippen LogP contribution in [0.1, 0.15) is 21.0 Å². The van der Waals surface area contributed by atoms with Crippen LogP contribution in [0.15, 0.2) is 72.8 Å². The number of nitrogens with zero attached hydrogens (tertiary/aromatic N) is 3. The van der Waals surface area contributed by atoms with E-state index in [9.17, 15) is 18.4 Å². The number of nitrogens with two attached hydrogens (primary N) is 1. The number of aromatic nitrogens is 3. The molecule has 4 aromatic rings. The highest BCUT2D eigenvalue weighted by atomic mass is 19.1. The van der Waals surface area contributed by atoms with Gasteiger partial charge in [0.2, 0.25) is 5.82 Å². The summed E-state index contributed by atoms with van der Waals surface area (Å²) >= 11 is 0. The zero-order chi connectivity index (χ0) is 22.0. The van der Waals surface area contributed by atoms with Gasteiger partial charge in [-0.15, -0.1) is 5.10 Å². The van der Waals surface area contributed by atoms with Gasteiger partial charge in [-0.3, -0.25) is 9.59 Å². The normalized spacial score (nSPS) is 10.6. The second-order valence-electron chi connectivity index (χ2n) is 6.50. The van der Waals surface area contributed by atoms with Crippen molar-refractivity contribution in [3.63, 3.8) is 0 Å². The molecule has 154 valence electrons. The second-order valence-corrected chi connectivity index (χ2v) is 6.50. The van der Waals surface area contributed by atoms with E-state index in [1.165, 1.54) is 4.68 Å². The van der Waals surface area contributed by atoms with Crippen LogP contribution < -0.4 is 11.1 Å². The van der Waals surface area contributed by atoms with Gasteiger partial charge in [-0.2, -0.15) is 0 Å². The number of nitrogens with one attached hydrogen (secondary N) is 1. The zero-order valence-corrected chi connectivity index (χ0v) is 15.9. The molecule has 9 heteroatoms. The minimum absolute atomic E-state index is 0.243. The molecule has 4 rings (SSSR count). The molecule has 0 aliphatic rings. The summed E-state index contributed by atoms with van der Waals surface area (Å²) in [5.41, 5.74) is 5.49. The molecule has 31 heavy (non-hydrogen) atoms. The highest BCUT2D eigenvalue weighted by Gasteiger charge is 2.21. The standard InChI is InChI=1S/C22H15F2N5O2/c23-16-12-17(24)18(11-15(16)19(25)30)26-22(31)20-27-21(13-7-3-1-4-8-13)29(28-20)14-9-5-2-6-10-14/h1-12H,(H2,25,30)(H,26,31). The molecular formula is C22H15F2N5O2. The number of hydrogen-bond acceptors (Lipinski definition) is 4. The molecule has 0 saturated heterocycles. The summed E-state index contributed by atoms with van der Waals surface area (Å²) in [4.78, 5) is 28.4. The summed E-state index contributed by atoms with van der Waals surface area (Å²) in [6.45, 7) is 0. The molecule has 3 aromatic carbocycles. The molecule has 0 aliphatic heterocycles. The minimum atomic E-state index is -1.12. The maximum Gasteiger partial charge on any atom is 0.295 e. The van der Waals surface area contributed by atoms with Crippen molar-refractivity contribution in [2.75, 3.05) is 5.32 Å². The summed E-state index contributed by atoms with van der Waals surface area (Å²) in [6.07, 6.45) is 0. The minimum Gasteiger partial charge on any atom is -0.366 e. The van der Waals surface area contributed by atoms with Gasteiger partial charge < -0.3 is 11.1 Å². The van der Waals surface area contributed by atoms with E-state index in [2.05, 4.69) is 15.4 Å². The van der Waals surface area contributed by atoms with Crippen molar-refractivity contribution < 1.29 is 18.4 Å². The molecule has 3 N–H and O–H groups in total. The molecular weight excluding hydrogens is 404 g/mol. The summed E-state index contributed by atoms with van der Waals surface area (Å²) in [5.74, 6) is -3.97. The van der Waals surface area contributed by atoms with E-state index >= 15 is 0 Å². The molecule has 0 bridgehead atoms. The van der Waals surface area contributed by atoms with Gasteiger partial charge in [0.25, 0.3) is 11.8 Å². The van der Waals surface area contributed by atoms with Gasteiger partial charge in [-0.25, -0.2) is 18.4 Å². The number of halogens is 2. The van der Waals surface area contributed by atoms with Gasteiger partial charge in [0.1, 0.15) is 11.6 Å². The van der Waals surface area contributed by atoms with Crippen molar-refractivity contribution in [2.45, 2.75) is 0 Å². The van der Waals surface area contributed by atoms with Crippen LogP contribution in [-0.2, 0) is 0 Å². The van der Waals surface area contributed by atoms with Gasteiger partial charge in [-0.1, -0.05) is 48.5 Å². The summed E-state index contributed by atoms with van der Waals surface area (Å²) in [5, 5.41) is 6.53. The molecule has 0 saturated carbocycles. The number of para-hydroxylation sites is 1. The van der Waals surface area contributed by atoms with E-state index in [1.807, 2.05) is 48.5 Å². The van der Waals surface area contributed by atoms with Crippen LogP contribution in [0.3, 0.4) is 0 Å². The number of hydrogen-bond donors (Lipinski definition) is 2. The molecule has 0 spiro atoms. The first-order chi connectivity index (χ1) is 14.9. The smallest absolute Gasteiger partial charge is 0.295 e. The van der Waals surface area contributed by atoms with Crippen molar-refractivity contribution in [2.24, 2.45) is 5.73 Å². The van der Waals surface area contributed by atoms with Crippen molar-refractivity contribution >= 4 is 17.5 Å². The van der Waals surface area contributed by atoms with E-state index in [0.29, 0.717) is 23.1 Å². The Kier molecular flexibility index (Phi) is 5.23. The van der Waals surface area contributed by atoms with Crippen molar-refractivity contribution in [1.29, 1.82) is 0 Å². The van der Waals surface area contributed by atoms with E-state index in [4.69, 9.17) is 5.73 Å². The van der Waals surface area contributed by atoms with Gasteiger partial charge in [0.15, 0.2) is 5.82 Å². The summed E-state index contributed by atoms with van der Waals surface area (Å²) in [7, 11) is 0. The monoisotopic (exact) mass is 419 g/mol. The van der Waals surface area contributed by atoms with Crippen molar-refractivity contribution in [1.82, 2.24) is 14.8 Å². The van der Waals surface area contributed by atoms with E-state index in [-0.39, 0.29) is 5.82 Å². The molecule has 0 radical (unpaired) electrons. The van der Waals surface area contributed by atoms with Crippen LogP contribution in [0, 0.1) is 11.6 Å². The predicted molar refractivity (Wildman–Crippen MR) is 110 cm³/mol. The maximum absolute atomic E-state index is 14.1. The Balaban J connectivity index is 1.74. The number of carbonyl (C=O) groups excluding carboxylic acids is 2. The van der Waals surface area contributed by atoms with Crippen molar-refractivity contribution in [3.8, 4) is 17.1 Å². The third-order valence-electron chi connectivity index (χ3n) is 4.41. The lowest BCUT2D eigenvalue weighted by Gasteiger charge is -2.07. The lowest BCUT2D eigenvalue weighted by Crippen LogP contribution is -2.18. The highest BCUT2D eigenvalue weighted by Crippen LogP contribution is 2.23. The largest absolute Gasteiger partial charge is 0.366 e. The fourth-order valence-corrected chi connectivity index (χ4v) is 2.94. The number of amides is 2. The number of carbonyl (C=O) groups is 2. The first kappa shape index (κ1) is 19.9. The molecule has 0 fully saturated rings. The first-order valence-electron chi connectivity index (χ1n) is 9.12. The predicted octanol–water partition coefficient (Wildman–Crippen LogP) is 3.56. The van der Waals surface area contributed by atoms with Crippen LogP contribution in [0.2, 0.25) is 0 Å². The van der Waals surface area contributed by atoms with Gasteiger partial charge >= 0.3 is 0 Å². The van der Waals surface area contributed by atoms with Crippen LogP contribution in [-0.4, -0.2) is 26.6 Å². The van der Waals surface area contributed by atoms with Crippen molar-refractivity contribution in [3.05, 3.63) is 95.8 Å². The average molecular weight is 419 g/mol. The van der Waals surface area contributed by atoms with Crippen LogP contribution in [0.25, 0.3) is 17.1 Å². The molecule has 1 aromatic heterocycles.